The Bertz CT molecular complexity index is 3010. The van der Waals surface area contributed by atoms with Gasteiger partial charge in [-0.1, -0.05) is 135 Å². The highest BCUT2D eigenvalue weighted by Gasteiger charge is 2.40. The predicted octanol–water partition coefficient (Wildman–Crippen LogP) is 12.6. The molecule has 0 spiro atoms. The van der Waals surface area contributed by atoms with Crippen LogP contribution in [0.2, 0.25) is 0 Å². The molecule has 5 heteroatoms. The summed E-state index contributed by atoms with van der Waals surface area (Å²) in [5.74, 6) is 1.96. The average Bonchev–Trinajstić information content (AvgIpc) is 3.84. The molecule has 0 saturated carbocycles. The van der Waals surface area contributed by atoms with Gasteiger partial charge in [-0.05, 0) is 53.1 Å². The third-order valence-corrected chi connectivity index (χ3v) is 12.2. The van der Waals surface area contributed by atoms with Gasteiger partial charge in [0.05, 0.1) is 11.0 Å². The molecule has 11 rings (SSSR count). The van der Waals surface area contributed by atoms with E-state index in [-0.39, 0.29) is 5.41 Å². The van der Waals surface area contributed by atoms with Crippen molar-refractivity contribution in [3.63, 3.8) is 0 Å². The molecule has 10 aromatic rings. The molecule has 0 aliphatic heterocycles. The predicted molar refractivity (Wildman–Crippen MR) is 221 cm³/mol. The van der Waals surface area contributed by atoms with Gasteiger partial charge in [0.2, 0.25) is 0 Å². The highest BCUT2D eigenvalue weighted by molar-refractivity contribution is 7.26. The van der Waals surface area contributed by atoms with Gasteiger partial charge in [0, 0.05) is 64.3 Å². The number of thiophene rings is 1. The van der Waals surface area contributed by atoms with Gasteiger partial charge in [-0.3, -0.25) is 0 Å². The van der Waals surface area contributed by atoms with Crippen molar-refractivity contribution in [1.82, 2.24) is 19.5 Å². The van der Waals surface area contributed by atoms with Crippen LogP contribution in [0.3, 0.4) is 0 Å². The molecule has 0 unspecified atom stereocenters. The molecule has 0 N–H and O–H groups in total. The van der Waals surface area contributed by atoms with Crippen molar-refractivity contribution in [2.45, 2.75) is 19.3 Å². The summed E-state index contributed by atoms with van der Waals surface area (Å²) in [6, 6.07) is 55.9. The highest BCUT2D eigenvalue weighted by Crippen LogP contribution is 2.58. The second-order valence-electron chi connectivity index (χ2n) is 14.4. The van der Waals surface area contributed by atoms with Crippen molar-refractivity contribution in [1.29, 1.82) is 0 Å². The molecular weight excluding hydrogens is 665 g/mol. The molecule has 4 nitrogen and oxygen atoms in total. The lowest BCUT2D eigenvalue weighted by Gasteiger charge is -2.22. The Hall–Kier alpha value is -6.43. The lowest BCUT2D eigenvalue weighted by molar-refractivity contribution is 0.667. The molecular formula is C48H32N4S. The van der Waals surface area contributed by atoms with Gasteiger partial charge >= 0.3 is 0 Å². The van der Waals surface area contributed by atoms with Crippen LogP contribution in [0.4, 0.5) is 0 Å². The Labute approximate surface area is 310 Å². The summed E-state index contributed by atoms with van der Waals surface area (Å²) < 4.78 is 5.22. The molecule has 3 aromatic heterocycles. The Morgan fingerprint density at radius 1 is 0.509 bits per heavy atom. The van der Waals surface area contributed by atoms with Crippen LogP contribution in [0.1, 0.15) is 25.0 Å². The minimum absolute atomic E-state index is 0.157. The number of fused-ring (bicyclic) bond motifs is 12. The van der Waals surface area contributed by atoms with E-state index in [0.717, 1.165) is 22.4 Å². The third-order valence-electron chi connectivity index (χ3n) is 11.0. The number of benzene rings is 7. The maximum absolute atomic E-state index is 5.01. The number of nitrogens with zero attached hydrogens (tertiary/aromatic N) is 4. The maximum atomic E-state index is 5.01. The van der Waals surface area contributed by atoms with Gasteiger partial charge in [-0.15, -0.1) is 11.3 Å². The number of rotatable bonds is 4. The summed E-state index contributed by atoms with van der Waals surface area (Å²) in [6.07, 6.45) is 0. The topological polar surface area (TPSA) is 43.6 Å². The van der Waals surface area contributed by atoms with E-state index in [0.29, 0.717) is 17.5 Å². The van der Waals surface area contributed by atoms with Crippen LogP contribution in [0.25, 0.3) is 93.0 Å². The van der Waals surface area contributed by atoms with Crippen molar-refractivity contribution < 1.29 is 0 Å². The van der Waals surface area contributed by atoms with E-state index in [2.05, 4.69) is 115 Å². The Morgan fingerprint density at radius 2 is 1.06 bits per heavy atom. The molecule has 0 bridgehead atoms. The number of hydrogen-bond donors (Lipinski definition) is 0. The zero-order chi connectivity index (χ0) is 35.3. The quantitative estimate of drug-likeness (QED) is 0.184. The minimum Gasteiger partial charge on any atom is -0.309 e. The first-order valence-corrected chi connectivity index (χ1v) is 18.9. The normalized spacial score (nSPS) is 13.2. The second kappa shape index (κ2) is 11.3. The Kier molecular flexibility index (Phi) is 6.43. The van der Waals surface area contributed by atoms with Crippen molar-refractivity contribution in [3.05, 3.63) is 169 Å². The van der Waals surface area contributed by atoms with Gasteiger partial charge in [0.1, 0.15) is 0 Å². The van der Waals surface area contributed by atoms with Crippen molar-refractivity contribution >= 4 is 53.3 Å². The zero-order valence-electron chi connectivity index (χ0n) is 29.2. The van der Waals surface area contributed by atoms with Gasteiger partial charge in [-0.25, -0.2) is 15.0 Å². The second-order valence-corrected chi connectivity index (χ2v) is 15.4. The van der Waals surface area contributed by atoms with Crippen LogP contribution in [0, 0.1) is 0 Å². The van der Waals surface area contributed by atoms with Crippen LogP contribution in [-0.2, 0) is 5.41 Å². The molecule has 1 aliphatic carbocycles. The van der Waals surface area contributed by atoms with Crippen LogP contribution < -0.4 is 0 Å². The Balaban J connectivity index is 1.19. The summed E-state index contributed by atoms with van der Waals surface area (Å²) in [5.41, 5.74) is 11.7. The summed E-state index contributed by atoms with van der Waals surface area (Å²) in [7, 11) is 0. The standard InChI is InChI=1S/C48H32N4S/c1-48(2)36-22-12-9-19-33(36)41-42(48)44-40(35-21-11-14-24-38(35)53-44)39-34-20-10-13-23-37(34)52(43(39)41)32-27-25-31(26-28-32)47-50-45(29-15-5-3-6-16-29)49-46(51-47)30-17-7-4-8-18-30/h3-28H,1-2H3. The maximum Gasteiger partial charge on any atom is 0.164 e. The van der Waals surface area contributed by atoms with Gasteiger partial charge in [-0.2, -0.15) is 0 Å². The summed E-state index contributed by atoms with van der Waals surface area (Å²) in [4.78, 5) is 14.9. The van der Waals surface area contributed by atoms with Gasteiger partial charge < -0.3 is 4.57 Å². The van der Waals surface area contributed by atoms with E-state index in [4.69, 9.17) is 15.0 Å². The zero-order valence-corrected chi connectivity index (χ0v) is 30.0. The summed E-state index contributed by atoms with van der Waals surface area (Å²) in [5, 5.41) is 5.27. The summed E-state index contributed by atoms with van der Waals surface area (Å²) >= 11 is 1.94. The van der Waals surface area contributed by atoms with Crippen LogP contribution >= 0.6 is 11.3 Å². The summed E-state index contributed by atoms with van der Waals surface area (Å²) in [6.45, 7) is 4.80. The molecule has 0 saturated heterocycles. The van der Waals surface area contributed by atoms with Crippen molar-refractivity contribution in [3.8, 4) is 51.0 Å². The fourth-order valence-electron chi connectivity index (χ4n) is 8.64. The van der Waals surface area contributed by atoms with E-state index >= 15 is 0 Å². The van der Waals surface area contributed by atoms with Crippen LogP contribution in [0.15, 0.2) is 158 Å². The lowest BCUT2D eigenvalue weighted by Crippen LogP contribution is -2.15. The van der Waals surface area contributed by atoms with Crippen LogP contribution in [-0.4, -0.2) is 19.5 Å². The van der Waals surface area contributed by atoms with Gasteiger partial charge in [0.15, 0.2) is 17.5 Å². The monoisotopic (exact) mass is 696 g/mol. The van der Waals surface area contributed by atoms with Crippen molar-refractivity contribution in [2.75, 3.05) is 0 Å². The Morgan fingerprint density at radius 3 is 1.74 bits per heavy atom. The molecule has 0 atom stereocenters. The SMILES string of the molecule is CC1(C)c2ccccc2-c2c1c1sc3ccccc3c1c1c3ccccc3n(-c3ccc(-c4nc(-c5ccccc5)nc(-c5ccccc5)n4)cc3)c21. The number of hydrogen-bond acceptors (Lipinski definition) is 4. The minimum atomic E-state index is -0.157. The molecule has 250 valence electrons. The van der Waals surface area contributed by atoms with Gasteiger partial charge in [0.25, 0.3) is 0 Å². The first-order valence-electron chi connectivity index (χ1n) is 18.0. The molecule has 3 heterocycles. The highest BCUT2D eigenvalue weighted by atomic mass is 32.1. The molecule has 1 aliphatic rings. The van der Waals surface area contributed by atoms with E-state index in [1.165, 1.54) is 64.2 Å². The first kappa shape index (κ1) is 30.2. The van der Waals surface area contributed by atoms with Crippen molar-refractivity contribution in [2.24, 2.45) is 0 Å². The van der Waals surface area contributed by atoms with E-state index in [1.54, 1.807) is 0 Å². The fraction of sp³-hybridized carbons (Fsp3) is 0.0625. The van der Waals surface area contributed by atoms with E-state index in [9.17, 15) is 0 Å². The smallest absolute Gasteiger partial charge is 0.164 e. The number of aromatic nitrogens is 4. The molecule has 0 radical (unpaired) electrons. The van der Waals surface area contributed by atoms with E-state index < -0.39 is 0 Å². The van der Waals surface area contributed by atoms with Crippen LogP contribution in [0.5, 0.6) is 0 Å². The number of para-hydroxylation sites is 1. The third kappa shape index (κ3) is 4.38. The largest absolute Gasteiger partial charge is 0.309 e. The molecule has 7 aromatic carbocycles. The molecule has 53 heavy (non-hydrogen) atoms. The van der Waals surface area contributed by atoms with E-state index in [1.807, 2.05) is 72.0 Å². The molecule has 0 amide bonds. The molecule has 0 fully saturated rings. The fourth-order valence-corrected chi connectivity index (χ4v) is 10.1. The first-order chi connectivity index (χ1) is 26.1. The average molecular weight is 697 g/mol. The lowest BCUT2D eigenvalue weighted by atomic mass is 9.81.